The second-order valence-electron chi connectivity index (χ2n) is 4.27. The van der Waals surface area contributed by atoms with Crippen LogP contribution in [0.25, 0.3) is 0 Å². The van der Waals surface area contributed by atoms with Crippen LogP contribution in [-0.2, 0) is 11.3 Å². The van der Waals surface area contributed by atoms with Gasteiger partial charge in [0.05, 0.1) is 17.7 Å². The van der Waals surface area contributed by atoms with E-state index >= 15 is 0 Å². The molecule has 0 radical (unpaired) electrons. The van der Waals surface area contributed by atoms with E-state index in [1.165, 1.54) is 0 Å². The lowest BCUT2D eigenvalue weighted by Crippen LogP contribution is -2.20. The Kier molecular flexibility index (Phi) is 7.82. The van der Waals surface area contributed by atoms with Crippen LogP contribution in [0.3, 0.4) is 0 Å². The summed E-state index contributed by atoms with van der Waals surface area (Å²) in [6, 6.07) is 5.63. The first-order valence-corrected chi connectivity index (χ1v) is 6.84. The third-order valence-electron chi connectivity index (χ3n) is 2.74. The summed E-state index contributed by atoms with van der Waals surface area (Å²) in [5, 5.41) is 13.4. The van der Waals surface area contributed by atoms with E-state index < -0.39 is 6.10 Å². The van der Waals surface area contributed by atoms with E-state index in [-0.39, 0.29) is 6.61 Å². The second kappa shape index (κ2) is 9.15. The third kappa shape index (κ3) is 5.78. The number of halogens is 1. The van der Waals surface area contributed by atoms with Crippen LogP contribution in [0.5, 0.6) is 5.75 Å². The molecule has 0 aliphatic rings. The number of nitrogens with one attached hydrogen (secondary N) is 1. The maximum absolute atomic E-state index is 9.55. The molecular weight excluding hydrogens is 266 g/mol. The van der Waals surface area contributed by atoms with Crippen molar-refractivity contribution in [2.45, 2.75) is 26.0 Å². The molecule has 0 saturated carbocycles. The van der Waals surface area contributed by atoms with E-state index in [9.17, 15) is 5.11 Å². The van der Waals surface area contributed by atoms with Crippen LogP contribution < -0.4 is 10.1 Å². The highest BCUT2D eigenvalue weighted by Crippen LogP contribution is 2.28. The highest BCUT2D eigenvalue weighted by molar-refractivity contribution is 6.32. The number of benzene rings is 1. The summed E-state index contributed by atoms with van der Waals surface area (Å²) in [5.41, 5.74) is 0.979. The molecule has 0 fully saturated rings. The number of aliphatic hydroxyl groups excluding tert-OH is 1. The third-order valence-corrected chi connectivity index (χ3v) is 3.04. The van der Waals surface area contributed by atoms with Crippen LogP contribution in [0.4, 0.5) is 0 Å². The summed E-state index contributed by atoms with van der Waals surface area (Å²) in [5.74, 6) is 0.640. The van der Waals surface area contributed by atoms with Gasteiger partial charge in [-0.1, -0.05) is 30.7 Å². The standard InChI is InChI=1S/C14H22ClNO3/c1-3-12(17)10-19-14-11(5-4-6-13(14)15)9-16-7-8-18-2/h4-6,12,16-17H,3,7-10H2,1-2H3. The van der Waals surface area contributed by atoms with Crippen molar-refractivity contribution in [2.75, 3.05) is 26.9 Å². The Morgan fingerprint density at radius 2 is 2.21 bits per heavy atom. The number of ether oxygens (including phenoxy) is 2. The maximum atomic E-state index is 9.55. The minimum absolute atomic E-state index is 0.255. The van der Waals surface area contributed by atoms with Gasteiger partial charge in [-0.2, -0.15) is 0 Å². The summed E-state index contributed by atoms with van der Waals surface area (Å²) in [4.78, 5) is 0. The molecule has 0 amide bonds. The molecular formula is C14H22ClNO3. The zero-order valence-corrected chi connectivity index (χ0v) is 12.2. The second-order valence-corrected chi connectivity index (χ2v) is 4.68. The van der Waals surface area contributed by atoms with Gasteiger partial charge in [0.15, 0.2) is 0 Å². The molecule has 0 saturated heterocycles. The molecule has 0 heterocycles. The van der Waals surface area contributed by atoms with Gasteiger partial charge in [0, 0.05) is 25.8 Å². The quantitative estimate of drug-likeness (QED) is 0.684. The largest absolute Gasteiger partial charge is 0.489 e. The first-order chi connectivity index (χ1) is 9.19. The summed E-state index contributed by atoms with van der Waals surface area (Å²) in [6.45, 7) is 4.24. The Bertz CT molecular complexity index is 374. The normalized spacial score (nSPS) is 12.4. The Labute approximate surface area is 119 Å². The summed E-state index contributed by atoms with van der Waals surface area (Å²) >= 11 is 6.14. The molecule has 1 atom stereocenters. The van der Waals surface area contributed by atoms with Crippen molar-refractivity contribution in [3.05, 3.63) is 28.8 Å². The molecule has 0 aliphatic heterocycles. The SMILES string of the molecule is CCC(O)COc1c(Cl)cccc1CNCCOC. The van der Waals surface area contributed by atoms with Crippen molar-refractivity contribution in [3.63, 3.8) is 0 Å². The zero-order chi connectivity index (χ0) is 14.1. The van der Waals surface area contributed by atoms with Crippen LogP contribution in [0.2, 0.25) is 5.02 Å². The van der Waals surface area contributed by atoms with Gasteiger partial charge in [0.1, 0.15) is 12.4 Å². The first kappa shape index (κ1) is 16.2. The molecule has 0 bridgehead atoms. The van der Waals surface area contributed by atoms with E-state index in [1.54, 1.807) is 13.2 Å². The van der Waals surface area contributed by atoms with Crippen LogP contribution in [-0.4, -0.2) is 38.1 Å². The van der Waals surface area contributed by atoms with Crippen molar-refractivity contribution in [1.29, 1.82) is 0 Å². The first-order valence-electron chi connectivity index (χ1n) is 6.47. The van der Waals surface area contributed by atoms with Crippen LogP contribution in [0, 0.1) is 0 Å². The van der Waals surface area contributed by atoms with Gasteiger partial charge in [-0.3, -0.25) is 0 Å². The van der Waals surface area contributed by atoms with Gasteiger partial charge in [-0.15, -0.1) is 0 Å². The zero-order valence-electron chi connectivity index (χ0n) is 11.5. The molecule has 1 rings (SSSR count). The number of rotatable bonds is 9. The number of hydrogen-bond acceptors (Lipinski definition) is 4. The molecule has 1 aromatic carbocycles. The van der Waals surface area contributed by atoms with Gasteiger partial charge in [-0.05, 0) is 12.5 Å². The predicted octanol–water partition coefficient (Wildman–Crippen LogP) is 2.23. The molecule has 108 valence electrons. The van der Waals surface area contributed by atoms with E-state index in [0.717, 1.165) is 12.1 Å². The van der Waals surface area contributed by atoms with Crippen molar-refractivity contribution < 1.29 is 14.6 Å². The average Bonchev–Trinajstić information content (AvgIpc) is 2.42. The number of para-hydroxylation sites is 1. The lowest BCUT2D eigenvalue weighted by Gasteiger charge is -2.15. The van der Waals surface area contributed by atoms with Crippen LogP contribution in [0.1, 0.15) is 18.9 Å². The van der Waals surface area contributed by atoms with E-state index in [2.05, 4.69) is 5.32 Å². The number of aliphatic hydroxyl groups is 1. The molecule has 0 spiro atoms. The number of hydrogen-bond donors (Lipinski definition) is 2. The Morgan fingerprint density at radius 3 is 2.89 bits per heavy atom. The molecule has 1 unspecified atom stereocenters. The lowest BCUT2D eigenvalue weighted by molar-refractivity contribution is 0.104. The molecule has 5 heteroatoms. The van der Waals surface area contributed by atoms with Gasteiger partial charge in [0.2, 0.25) is 0 Å². The van der Waals surface area contributed by atoms with E-state index in [4.69, 9.17) is 21.1 Å². The highest BCUT2D eigenvalue weighted by Gasteiger charge is 2.10. The summed E-state index contributed by atoms with van der Waals surface area (Å²) in [6.07, 6.45) is 0.192. The molecule has 4 nitrogen and oxygen atoms in total. The summed E-state index contributed by atoms with van der Waals surface area (Å²) in [7, 11) is 1.67. The van der Waals surface area contributed by atoms with Gasteiger partial charge in [-0.25, -0.2) is 0 Å². The Morgan fingerprint density at radius 1 is 1.42 bits per heavy atom. The van der Waals surface area contributed by atoms with Crippen LogP contribution in [0.15, 0.2) is 18.2 Å². The predicted molar refractivity (Wildman–Crippen MR) is 76.8 cm³/mol. The minimum atomic E-state index is -0.467. The fourth-order valence-electron chi connectivity index (χ4n) is 1.55. The smallest absolute Gasteiger partial charge is 0.142 e. The van der Waals surface area contributed by atoms with Crippen LogP contribution >= 0.6 is 11.6 Å². The average molecular weight is 288 g/mol. The fraction of sp³-hybridized carbons (Fsp3) is 0.571. The molecule has 1 aromatic rings. The van der Waals surface area contributed by atoms with E-state index in [1.807, 2.05) is 19.1 Å². The number of methoxy groups -OCH3 is 1. The molecule has 0 aliphatic carbocycles. The molecule has 19 heavy (non-hydrogen) atoms. The van der Waals surface area contributed by atoms with Crippen molar-refractivity contribution in [1.82, 2.24) is 5.32 Å². The summed E-state index contributed by atoms with van der Waals surface area (Å²) < 4.78 is 10.6. The Balaban J connectivity index is 2.61. The van der Waals surface area contributed by atoms with Crippen molar-refractivity contribution >= 4 is 11.6 Å². The van der Waals surface area contributed by atoms with E-state index in [0.29, 0.717) is 30.3 Å². The fourth-order valence-corrected chi connectivity index (χ4v) is 1.80. The minimum Gasteiger partial charge on any atom is -0.489 e. The van der Waals surface area contributed by atoms with Crippen molar-refractivity contribution in [3.8, 4) is 5.75 Å². The van der Waals surface area contributed by atoms with Gasteiger partial charge < -0.3 is 19.9 Å². The Hall–Kier alpha value is -0.810. The molecule has 0 aromatic heterocycles. The maximum Gasteiger partial charge on any atom is 0.142 e. The molecule has 2 N–H and O–H groups in total. The monoisotopic (exact) mass is 287 g/mol. The van der Waals surface area contributed by atoms with Gasteiger partial charge in [0.25, 0.3) is 0 Å². The lowest BCUT2D eigenvalue weighted by atomic mass is 10.2. The topological polar surface area (TPSA) is 50.7 Å². The highest BCUT2D eigenvalue weighted by atomic mass is 35.5. The van der Waals surface area contributed by atoms with Gasteiger partial charge >= 0.3 is 0 Å². The van der Waals surface area contributed by atoms with Crippen molar-refractivity contribution in [2.24, 2.45) is 0 Å².